The molecular formula is C21H32O12S3-2. The first-order chi connectivity index (χ1) is 16.4. The average molecular weight is 573 g/mol. The van der Waals surface area contributed by atoms with Crippen molar-refractivity contribution in [3.63, 3.8) is 0 Å². The topological polar surface area (TPSA) is 203 Å². The lowest BCUT2D eigenvalue weighted by molar-refractivity contribution is -0.273. The molecule has 0 aromatic heterocycles. The predicted molar refractivity (Wildman–Crippen MR) is 123 cm³/mol. The normalized spacial score (nSPS) is 50.4. The van der Waals surface area contributed by atoms with Gasteiger partial charge < -0.3 is 19.3 Å². The molecule has 208 valence electrons. The minimum absolute atomic E-state index is 0.0974. The number of aliphatic hydroxyl groups is 2. The molecule has 0 saturated heterocycles. The summed E-state index contributed by atoms with van der Waals surface area (Å²) in [5.41, 5.74) is -3.88. The van der Waals surface area contributed by atoms with Crippen LogP contribution in [0, 0.1) is 28.1 Å². The van der Waals surface area contributed by atoms with E-state index in [1.165, 1.54) is 6.92 Å². The van der Waals surface area contributed by atoms with Crippen LogP contribution < -0.4 is 0 Å². The van der Waals surface area contributed by atoms with Crippen molar-refractivity contribution in [1.29, 1.82) is 0 Å². The molecule has 4 rings (SSSR count). The average Bonchev–Trinajstić information content (AvgIpc) is 2.97. The fourth-order valence-electron chi connectivity index (χ4n) is 7.90. The van der Waals surface area contributed by atoms with Gasteiger partial charge in [-0.05, 0) is 54.8 Å². The summed E-state index contributed by atoms with van der Waals surface area (Å²) >= 11 is -6.37. The zero-order valence-corrected chi connectivity index (χ0v) is 22.8. The molecule has 0 aromatic carbocycles. The maximum Gasteiger partial charge on any atom is 0.397 e. The van der Waals surface area contributed by atoms with Gasteiger partial charge in [0.2, 0.25) is 0 Å². The van der Waals surface area contributed by atoms with E-state index in [1.54, 1.807) is 0 Å². The molecule has 2 unspecified atom stereocenters. The molecule has 3 saturated carbocycles. The van der Waals surface area contributed by atoms with Crippen molar-refractivity contribution in [3.05, 3.63) is 11.6 Å². The van der Waals surface area contributed by atoms with Crippen LogP contribution in [0.3, 0.4) is 0 Å². The number of rotatable bonds is 6. The van der Waals surface area contributed by atoms with Crippen molar-refractivity contribution in [1.82, 2.24) is 0 Å². The zero-order chi connectivity index (χ0) is 27.1. The molecule has 15 heteroatoms. The molecule has 4 aliphatic rings. The van der Waals surface area contributed by atoms with Crippen molar-refractivity contribution in [2.75, 3.05) is 0 Å². The second-order valence-electron chi connectivity index (χ2n) is 11.3. The summed E-state index contributed by atoms with van der Waals surface area (Å²) in [5.74, 6) is -0.00878. The molecule has 36 heavy (non-hydrogen) atoms. The summed E-state index contributed by atoms with van der Waals surface area (Å²) in [6, 6.07) is 0. The van der Waals surface area contributed by atoms with Crippen LogP contribution in [0.5, 0.6) is 0 Å². The van der Waals surface area contributed by atoms with Gasteiger partial charge in [-0.25, -0.2) is 12.6 Å². The summed E-state index contributed by atoms with van der Waals surface area (Å²) < 4.78 is 93.5. The number of hydrogen-bond donors (Lipinski definition) is 3. The maximum atomic E-state index is 12.1. The van der Waals surface area contributed by atoms with Crippen LogP contribution in [0.15, 0.2) is 11.6 Å². The highest BCUT2D eigenvalue weighted by molar-refractivity contribution is 7.80. The molecule has 12 nitrogen and oxygen atoms in total. The summed E-state index contributed by atoms with van der Waals surface area (Å²) in [5, 5.41) is 23.4. The molecule has 3 N–H and O–H groups in total. The van der Waals surface area contributed by atoms with E-state index in [0.717, 1.165) is 12.8 Å². The molecule has 4 aliphatic carbocycles. The molecule has 0 heterocycles. The number of hydrogen-bond acceptors (Lipinski definition) is 11. The van der Waals surface area contributed by atoms with Crippen LogP contribution in [0.25, 0.3) is 0 Å². The fourth-order valence-corrected chi connectivity index (χ4v) is 9.21. The first kappa shape index (κ1) is 28.7. The molecule has 3 fully saturated rings. The Hall–Kier alpha value is -0.330. The highest BCUT2D eigenvalue weighted by Crippen LogP contribution is 2.71. The van der Waals surface area contributed by atoms with Crippen LogP contribution in [0.4, 0.5) is 0 Å². The summed E-state index contributed by atoms with van der Waals surface area (Å²) in [4.78, 5) is 0. The van der Waals surface area contributed by atoms with Crippen molar-refractivity contribution < 1.29 is 53.3 Å². The van der Waals surface area contributed by atoms with E-state index in [-0.39, 0.29) is 29.6 Å². The Morgan fingerprint density at radius 1 is 1.11 bits per heavy atom. The maximum absolute atomic E-state index is 12.1. The van der Waals surface area contributed by atoms with Crippen molar-refractivity contribution in [2.24, 2.45) is 28.1 Å². The molecule has 0 aliphatic heterocycles. The Morgan fingerprint density at radius 2 is 1.72 bits per heavy atom. The third kappa shape index (κ3) is 4.10. The number of aliphatic hydroxyl groups excluding tert-OH is 1. The van der Waals surface area contributed by atoms with Gasteiger partial charge in [-0.1, -0.05) is 39.3 Å². The van der Waals surface area contributed by atoms with E-state index in [0.29, 0.717) is 17.9 Å². The predicted octanol–water partition coefficient (Wildman–Crippen LogP) is 0.828. The van der Waals surface area contributed by atoms with E-state index in [9.17, 15) is 40.7 Å². The molecule has 0 bridgehead atoms. The Balaban J connectivity index is 1.91. The fraction of sp³-hybridized carbons (Fsp3) is 0.905. The van der Waals surface area contributed by atoms with Gasteiger partial charge in [-0.3, -0.25) is 12.9 Å². The minimum atomic E-state index is -5.12. The second-order valence-corrected chi connectivity index (χ2v) is 13.6. The van der Waals surface area contributed by atoms with E-state index in [2.05, 4.69) is 20.8 Å². The Kier molecular flexibility index (Phi) is 7.26. The zero-order valence-electron chi connectivity index (χ0n) is 20.3. The van der Waals surface area contributed by atoms with Gasteiger partial charge >= 0.3 is 10.4 Å². The summed E-state index contributed by atoms with van der Waals surface area (Å²) in [7, 11) is -5.12. The largest absolute Gasteiger partial charge is 0.750 e. The van der Waals surface area contributed by atoms with E-state index in [4.69, 9.17) is 12.5 Å². The molecular weight excluding hydrogens is 540 g/mol. The summed E-state index contributed by atoms with van der Waals surface area (Å²) in [6.45, 7) is 7.95. The third-order valence-corrected chi connectivity index (χ3v) is 11.5. The highest BCUT2D eigenvalue weighted by atomic mass is 32.3. The Labute approximate surface area is 215 Å². The van der Waals surface area contributed by atoms with Crippen LogP contribution in [-0.4, -0.2) is 70.7 Å². The third-order valence-electron chi connectivity index (χ3n) is 10.2. The molecule has 0 spiro atoms. The Morgan fingerprint density at radius 3 is 2.28 bits per heavy atom. The smallest absolute Gasteiger partial charge is 0.397 e. The van der Waals surface area contributed by atoms with Gasteiger partial charge in [0.25, 0.3) is 0 Å². The van der Waals surface area contributed by atoms with Gasteiger partial charge in [0.15, 0.2) is 0 Å². The monoisotopic (exact) mass is 572 g/mol. The first-order valence-electron chi connectivity index (χ1n) is 11.7. The van der Waals surface area contributed by atoms with E-state index in [1.807, 2.05) is 6.08 Å². The lowest BCUT2D eigenvalue weighted by Gasteiger charge is -2.66. The summed E-state index contributed by atoms with van der Waals surface area (Å²) in [6.07, 6.45) is -3.44. The molecule has 0 amide bonds. The van der Waals surface area contributed by atoms with Gasteiger partial charge in [0.1, 0.15) is 30.0 Å². The van der Waals surface area contributed by atoms with Gasteiger partial charge in [0, 0.05) is 5.41 Å². The number of fused-ring (bicyclic) bond motifs is 5. The molecule has 0 radical (unpaired) electrons. The minimum Gasteiger partial charge on any atom is -0.750 e. The quantitative estimate of drug-likeness (QED) is 0.230. The van der Waals surface area contributed by atoms with E-state index < -0.39 is 68.6 Å². The molecule has 12 atom stereocenters. The SMILES string of the molecule is C[C@H]1CC[C@@]2(C)[C@@H]3C[C@H](OS(=O)(=O)O)[C@@]4(O)[C@@H](O)[C@H](OS(=O)[O-])[C@@H](OS(=O)[O-])C[C@]4(C)C3=CC[C@]12C. The molecule has 0 aromatic rings. The standard InChI is InChI=1S/C21H34O12S3/c1-11-5-7-19(3)13-9-15(33-36(28,29)30)21(23)17(22)16(32-35(26)27)14(31-34(24)25)10-20(21,4)12(13)6-8-18(11,19)2/h6,11,13-17,22-23H,5,7-10H2,1-4H3,(H,24,25)(H,26,27)(H,28,29,30)/p-2/t11-,13+,14-,15-,16+,17-,18+,19-,20+,21+/m0/s1. The van der Waals surface area contributed by atoms with Gasteiger partial charge in [-0.2, -0.15) is 8.42 Å². The van der Waals surface area contributed by atoms with Crippen LogP contribution >= 0.6 is 0 Å². The lowest BCUT2D eigenvalue weighted by atomic mass is 9.42. The van der Waals surface area contributed by atoms with Gasteiger partial charge in [-0.15, -0.1) is 0 Å². The van der Waals surface area contributed by atoms with Gasteiger partial charge in [0.05, 0.1) is 22.7 Å². The van der Waals surface area contributed by atoms with Crippen LogP contribution in [0.2, 0.25) is 0 Å². The van der Waals surface area contributed by atoms with Crippen molar-refractivity contribution in [3.8, 4) is 0 Å². The Bertz CT molecular complexity index is 1100. The second kappa shape index (κ2) is 9.11. The van der Waals surface area contributed by atoms with E-state index >= 15 is 0 Å². The highest BCUT2D eigenvalue weighted by Gasteiger charge is 2.73. The van der Waals surface area contributed by atoms with Crippen molar-refractivity contribution in [2.45, 2.75) is 89.8 Å². The first-order valence-corrected chi connectivity index (χ1v) is 15.1. The lowest BCUT2D eigenvalue weighted by Crippen LogP contribution is -2.76. The van der Waals surface area contributed by atoms with Crippen LogP contribution in [0.1, 0.15) is 59.8 Å². The number of allylic oxidation sites excluding steroid dienone is 1. The van der Waals surface area contributed by atoms with Crippen molar-refractivity contribution >= 4 is 33.1 Å². The van der Waals surface area contributed by atoms with Crippen LogP contribution in [-0.2, 0) is 45.7 Å².